The van der Waals surface area contributed by atoms with Crippen molar-refractivity contribution in [1.82, 2.24) is 0 Å². The van der Waals surface area contributed by atoms with Gasteiger partial charge in [-0.05, 0) is 67.3 Å². The van der Waals surface area contributed by atoms with Crippen LogP contribution >= 0.6 is 0 Å². The van der Waals surface area contributed by atoms with Gasteiger partial charge < -0.3 is 9.47 Å². The number of hydrogen-bond acceptors (Lipinski definition) is 4. The molecule has 128 valence electrons. The molecule has 0 aromatic heterocycles. The number of rotatable bonds is 4. The monoisotopic (exact) mass is 328 g/mol. The maximum atomic E-state index is 12.1. The molecule has 0 radical (unpaired) electrons. The molecule has 0 saturated carbocycles. The molecular weight excluding hydrogens is 304 g/mol. The maximum absolute atomic E-state index is 12.1. The zero-order chi connectivity index (χ0) is 17.9. The SMILES string of the molecule is C#CCOC(=O)[C@H](C)[C@@H]1CCc2c(C)cc(OC(C)=O)c(C)c2C1. The van der Waals surface area contributed by atoms with E-state index >= 15 is 0 Å². The number of fused-ring (bicyclic) bond motifs is 1. The Kier molecular flexibility index (Phi) is 5.66. The molecule has 0 amide bonds. The van der Waals surface area contributed by atoms with Crippen molar-refractivity contribution in [3.05, 3.63) is 28.3 Å². The summed E-state index contributed by atoms with van der Waals surface area (Å²) < 4.78 is 10.4. The van der Waals surface area contributed by atoms with E-state index < -0.39 is 0 Å². The number of aryl methyl sites for hydroxylation is 1. The number of terminal acetylenes is 1. The molecule has 1 aliphatic carbocycles. The first-order valence-electron chi connectivity index (χ1n) is 8.25. The predicted molar refractivity (Wildman–Crippen MR) is 91.7 cm³/mol. The number of esters is 2. The Morgan fingerprint density at radius 2 is 2.08 bits per heavy atom. The van der Waals surface area contributed by atoms with Crippen LogP contribution in [0.3, 0.4) is 0 Å². The van der Waals surface area contributed by atoms with E-state index in [4.69, 9.17) is 15.9 Å². The minimum Gasteiger partial charge on any atom is -0.452 e. The van der Waals surface area contributed by atoms with E-state index in [1.54, 1.807) is 0 Å². The van der Waals surface area contributed by atoms with Crippen molar-refractivity contribution in [3.63, 3.8) is 0 Å². The molecule has 1 aromatic carbocycles. The van der Waals surface area contributed by atoms with Crippen LogP contribution in [-0.4, -0.2) is 18.5 Å². The predicted octanol–water partition coefficient (Wildman–Crippen LogP) is 3.15. The molecule has 0 aliphatic heterocycles. The fraction of sp³-hybridized carbons (Fsp3) is 0.500. The van der Waals surface area contributed by atoms with Crippen LogP contribution in [0.1, 0.15) is 42.5 Å². The number of benzene rings is 1. The number of carbonyl (C=O) groups is 2. The van der Waals surface area contributed by atoms with Crippen molar-refractivity contribution < 1.29 is 19.1 Å². The summed E-state index contributed by atoms with van der Waals surface area (Å²) >= 11 is 0. The first-order valence-corrected chi connectivity index (χ1v) is 8.25. The van der Waals surface area contributed by atoms with Gasteiger partial charge >= 0.3 is 11.9 Å². The summed E-state index contributed by atoms with van der Waals surface area (Å²) in [5, 5.41) is 0. The normalized spacial score (nSPS) is 17.4. The molecule has 0 bridgehead atoms. The van der Waals surface area contributed by atoms with Crippen LogP contribution in [0.2, 0.25) is 0 Å². The van der Waals surface area contributed by atoms with Crippen molar-refractivity contribution in [1.29, 1.82) is 0 Å². The van der Waals surface area contributed by atoms with E-state index in [0.717, 1.165) is 30.4 Å². The average Bonchev–Trinajstić information content (AvgIpc) is 2.55. The van der Waals surface area contributed by atoms with E-state index in [1.807, 2.05) is 26.8 Å². The van der Waals surface area contributed by atoms with E-state index in [0.29, 0.717) is 5.75 Å². The van der Waals surface area contributed by atoms with Gasteiger partial charge in [-0.2, -0.15) is 0 Å². The van der Waals surface area contributed by atoms with Crippen LogP contribution < -0.4 is 4.74 Å². The standard InChI is InChI=1S/C20H24O4/c1-6-9-23-20(22)13(3)16-7-8-17-12(2)10-19(24-15(5)21)14(4)18(17)11-16/h1,10,13,16H,7-9,11H2,2-5H3/t13-,16-/m1/s1. The van der Waals surface area contributed by atoms with E-state index in [-0.39, 0.29) is 30.4 Å². The van der Waals surface area contributed by atoms with Crippen LogP contribution in [0.15, 0.2) is 6.07 Å². The van der Waals surface area contributed by atoms with Gasteiger partial charge in [0, 0.05) is 6.92 Å². The van der Waals surface area contributed by atoms with Gasteiger partial charge in [0.05, 0.1) is 5.92 Å². The Balaban J connectivity index is 2.25. The zero-order valence-electron chi connectivity index (χ0n) is 14.8. The summed E-state index contributed by atoms with van der Waals surface area (Å²) in [6, 6.07) is 1.93. The number of hydrogen-bond donors (Lipinski definition) is 0. The largest absolute Gasteiger partial charge is 0.452 e. The molecule has 0 spiro atoms. The molecule has 0 fully saturated rings. The van der Waals surface area contributed by atoms with Crippen molar-refractivity contribution in [2.45, 2.75) is 47.0 Å². The summed E-state index contributed by atoms with van der Waals surface area (Å²) in [7, 11) is 0. The molecule has 0 saturated heterocycles. The molecule has 0 heterocycles. The van der Waals surface area contributed by atoms with E-state index in [9.17, 15) is 9.59 Å². The third kappa shape index (κ3) is 3.79. The van der Waals surface area contributed by atoms with Crippen LogP contribution in [0.5, 0.6) is 5.75 Å². The van der Waals surface area contributed by atoms with Gasteiger partial charge in [-0.3, -0.25) is 9.59 Å². The topological polar surface area (TPSA) is 52.6 Å². The lowest BCUT2D eigenvalue weighted by Gasteiger charge is -2.31. The van der Waals surface area contributed by atoms with Gasteiger partial charge in [0.25, 0.3) is 0 Å². The van der Waals surface area contributed by atoms with Crippen molar-refractivity contribution >= 4 is 11.9 Å². The Bertz CT molecular complexity index is 697. The van der Waals surface area contributed by atoms with Gasteiger partial charge in [-0.25, -0.2) is 0 Å². The smallest absolute Gasteiger partial charge is 0.309 e. The van der Waals surface area contributed by atoms with Crippen LogP contribution in [0.25, 0.3) is 0 Å². The first kappa shape index (κ1) is 18.1. The lowest BCUT2D eigenvalue weighted by molar-refractivity contribution is -0.148. The molecule has 4 nitrogen and oxygen atoms in total. The van der Waals surface area contributed by atoms with Gasteiger partial charge in [0.1, 0.15) is 5.75 Å². The molecular formula is C20H24O4. The molecule has 4 heteroatoms. The lowest BCUT2D eigenvalue weighted by Crippen LogP contribution is -2.29. The summed E-state index contributed by atoms with van der Waals surface area (Å²) in [6.07, 6.45) is 7.78. The maximum Gasteiger partial charge on any atom is 0.309 e. The highest BCUT2D eigenvalue weighted by Crippen LogP contribution is 2.37. The van der Waals surface area contributed by atoms with E-state index in [1.165, 1.54) is 18.1 Å². The van der Waals surface area contributed by atoms with Crippen LogP contribution in [0.4, 0.5) is 0 Å². The van der Waals surface area contributed by atoms with E-state index in [2.05, 4.69) is 5.92 Å². The molecule has 1 aliphatic rings. The quantitative estimate of drug-likeness (QED) is 0.484. The second-order valence-corrected chi connectivity index (χ2v) is 6.47. The highest BCUT2D eigenvalue weighted by molar-refractivity contribution is 5.73. The van der Waals surface area contributed by atoms with Gasteiger partial charge in [-0.1, -0.05) is 12.8 Å². The summed E-state index contributed by atoms with van der Waals surface area (Å²) in [5.74, 6) is 2.37. The van der Waals surface area contributed by atoms with Crippen LogP contribution in [0, 0.1) is 38.0 Å². The van der Waals surface area contributed by atoms with Gasteiger partial charge in [-0.15, -0.1) is 6.42 Å². The van der Waals surface area contributed by atoms with Crippen molar-refractivity contribution in [2.24, 2.45) is 11.8 Å². The molecule has 24 heavy (non-hydrogen) atoms. The highest BCUT2D eigenvalue weighted by atomic mass is 16.5. The van der Waals surface area contributed by atoms with Crippen molar-refractivity contribution in [3.8, 4) is 18.1 Å². The fourth-order valence-electron chi connectivity index (χ4n) is 3.45. The second kappa shape index (κ2) is 7.53. The van der Waals surface area contributed by atoms with Crippen molar-refractivity contribution in [2.75, 3.05) is 6.61 Å². The first-order chi connectivity index (χ1) is 11.3. The summed E-state index contributed by atoms with van der Waals surface area (Å²) in [6.45, 7) is 7.32. The molecule has 0 unspecified atom stereocenters. The third-order valence-corrected chi connectivity index (χ3v) is 4.87. The minimum atomic E-state index is -0.323. The number of ether oxygens (including phenoxy) is 2. The Morgan fingerprint density at radius 1 is 1.38 bits per heavy atom. The van der Waals surface area contributed by atoms with Gasteiger partial charge in [0.15, 0.2) is 6.61 Å². The minimum absolute atomic E-state index is 0.0151. The Hall–Kier alpha value is -2.28. The van der Waals surface area contributed by atoms with Crippen LogP contribution in [-0.2, 0) is 27.2 Å². The zero-order valence-corrected chi connectivity index (χ0v) is 14.8. The summed E-state index contributed by atoms with van der Waals surface area (Å²) in [4.78, 5) is 23.4. The average molecular weight is 328 g/mol. The van der Waals surface area contributed by atoms with Gasteiger partial charge in [0.2, 0.25) is 0 Å². The third-order valence-electron chi connectivity index (χ3n) is 4.87. The molecule has 1 aromatic rings. The molecule has 2 atom stereocenters. The number of carbonyl (C=O) groups excluding carboxylic acids is 2. The molecule has 0 N–H and O–H groups in total. The summed E-state index contributed by atoms with van der Waals surface area (Å²) in [5.41, 5.74) is 4.62. The molecule has 2 rings (SSSR count). The second-order valence-electron chi connectivity index (χ2n) is 6.47. The lowest BCUT2D eigenvalue weighted by atomic mass is 9.75. The fourth-order valence-corrected chi connectivity index (χ4v) is 3.45. The highest BCUT2D eigenvalue weighted by Gasteiger charge is 2.31. The Labute approximate surface area is 143 Å². The Morgan fingerprint density at radius 3 is 2.71 bits per heavy atom.